The first kappa shape index (κ1) is 12.5. The third-order valence-electron chi connectivity index (χ3n) is 3.49. The maximum Gasteiger partial charge on any atom is 0.337 e. The van der Waals surface area contributed by atoms with Crippen LogP contribution in [0.5, 0.6) is 0 Å². The van der Waals surface area contributed by atoms with Crippen molar-refractivity contribution in [1.29, 1.82) is 0 Å². The fourth-order valence-corrected chi connectivity index (χ4v) is 2.49. The molecule has 0 amide bonds. The molecule has 0 spiro atoms. The van der Waals surface area contributed by atoms with E-state index >= 15 is 0 Å². The number of carboxylic acid groups (broad SMARTS) is 1. The van der Waals surface area contributed by atoms with Crippen LogP contribution in [0.3, 0.4) is 0 Å². The second kappa shape index (κ2) is 4.85. The van der Waals surface area contributed by atoms with Crippen LogP contribution >= 0.6 is 0 Å². The highest BCUT2D eigenvalue weighted by Gasteiger charge is 2.14. The number of fused-ring (bicyclic) bond motifs is 1. The van der Waals surface area contributed by atoms with E-state index in [2.05, 4.69) is 16.5 Å². The predicted molar refractivity (Wildman–Crippen MR) is 75.9 cm³/mol. The van der Waals surface area contributed by atoms with Gasteiger partial charge in [-0.25, -0.2) is 9.78 Å². The Bertz CT molecular complexity index is 770. The molecule has 1 aromatic carbocycles. The number of para-hydroxylation sites is 1. The number of imidazole rings is 1. The fourth-order valence-electron chi connectivity index (χ4n) is 2.49. The van der Waals surface area contributed by atoms with E-state index < -0.39 is 5.97 Å². The van der Waals surface area contributed by atoms with Crippen LogP contribution in [-0.4, -0.2) is 25.2 Å². The van der Waals surface area contributed by atoms with E-state index in [1.54, 1.807) is 12.5 Å². The Balaban J connectivity index is 2.10. The zero-order valence-electron chi connectivity index (χ0n) is 11.2. The molecule has 0 fully saturated rings. The SMILES string of the molecule is CCn1cncc1Cn1cc(C(=O)O)c2ccccc21. The molecule has 0 saturated carbocycles. The van der Waals surface area contributed by atoms with E-state index in [0.29, 0.717) is 12.1 Å². The van der Waals surface area contributed by atoms with Crippen LogP contribution in [0.2, 0.25) is 0 Å². The van der Waals surface area contributed by atoms with Crippen LogP contribution in [0.1, 0.15) is 23.0 Å². The lowest BCUT2D eigenvalue weighted by molar-refractivity contribution is 0.0699. The van der Waals surface area contributed by atoms with Gasteiger partial charge in [-0.1, -0.05) is 18.2 Å². The van der Waals surface area contributed by atoms with E-state index in [-0.39, 0.29) is 0 Å². The first-order valence-corrected chi connectivity index (χ1v) is 6.51. The van der Waals surface area contributed by atoms with Gasteiger partial charge in [0.05, 0.1) is 24.1 Å². The van der Waals surface area contributed by atoms with E-state index in [4.69, 9.17) is 0 Å². The van der Waals surface area contributed by atoms with Crippen LogP contribution in [0.15, 0.2) is 43.0 Å². The summed E-state index contributed by atoms with van der Waals surface area (Å²) in [7, 11) is 0. The van der Waals surface area contributed by atoms with E-state index in [1.807, 2.05) is 35.0 Å². The predicted octanol–water partition coefficient (Wildman–Crippen LogP) is 2.60. The molecular formula is C15H15N3O2. The molecule has 0 unspecified atom stereocenters. The van der Waals surface area contributed by atoms with Gasteiger partial charge in [0, 0.05) is 29.8 Å². The molecule has 3 aromatic rings. The zero-order chi connectivity index (χ0) is 14.1. The Labute approximate surface area is 116 Å². The summed E-state index contributed by atoms with van der Waals surface area (Å²) >= 11 is 0. The number of aromatic nitrogens is 3. The molecule has 0 radical (unpaired) electrons. The number of aromatic carboxylic acids is 1. The number of carbonyl (C=O) groups is 1. The fraction of sp³-hybridized carbons (Fsp3) is 0.200. The Morgan fingerprint density at radius 3 is 2.85 bits per heavy atom. The number of nitrogens with zero attached hydrogens (tertiary/aromatic N) is 3. The summed E-state index contributed by atoms with van der Waals surface area (Å²) in [6.07, 6.45) is 5.30. The highest BCUT2D eigenvalue weighted by molar-refractivity contribution is 6.03. The summed E-state index contributed by atoms with van der Waals surface area (Å²) < 4.78 is 4.01. The minimum Gasteiger partial charge on any atom is -0.478 e. The zero-order valence-corrected chi connectivity index (χ0v) is 11.2. The third kappa shape index (κ3) is 1.97. The third-order valence-corrected chi connectivity index (χ3v) is 3.49. The molecule has 2 heterocycles. The molecule has 20 heavy (non-hydrogen) atoms. The van der Waals surface area contributed by atoms with Gasteiger partial charge < -0.3 is 14.2 Å². The molecule has 0 aliphatic rings. The Morgan fingerprint density at radius 2 is 2.10 bits per heavy atom. The topological polar surface area (TPSA) is 60.0 Å². The standard InChI is InChI=1S/C15H15N3O2/c1-2-17-10-16-7-11(17)8-18-9-13(15(19)20)12-5-3-4-6-14(12)18/h3-7,9-10H,2,8H2,1H3,(H,19,20). The molecule has 2 aromatic heterocycles. The second-order valence-electron chi connectivity index (χ2n) is 4.66. The summed E-state index contributed by atoms with van der Waals surface area (Å²) in [6, 6.07) is 7.55. The first-order valence-electron chi connectivity index (χ1n) is 6.51. The maximum absolute atomic E-state index is 11.3. The molecule has 1 N–H and O–H groups in total. The highest BCUT2D eigenvalue weighted by atomic mass is 16.4. The highest BCUT2D eigenvalue weighted by Crippen LogP contribution is 2.22. The average molecular weight is 269 g/mol. The Morgan fingerprint density at radius 1 is 1.30 bits per heavy atom. The summed E-state index contributed by atoms with van der Waals surface area (Å²) in [6.45, 7) is 3.52. The van der Waals surface area contributed by atoms with Crippen LogP contribution < -0.4 is 0 Å². The van der Waals surface area contributed by atoms with Gasteiger partial charge in [-0.2, -0.15) is 0 Å². The molecular weight excluding hydrogens is 254 g/mol. The number of carboxylic acids is 1. The number of aryl methyl sites for hydroxylation is 1. The molecule has 5 heteroatoms. The van der Waals surface area contributed by atoms with Crippen molar-refractivity contribution in [2.45, 2.75) is 20.0 Å². The van der Waals surface area contributed by atoms with Crippen LogP contribution in [0.25, 0.3) is 10.9 Å². The number of hydrogen-bond donors (Lipinski definition) is 1. The van der Waals surface area contributed by atoms with E-state index in [1.165, 1.54) is 0 Å². The van der Waals surface area contributed by atoms with Crippen molar-refractivity contribution in [3.05, 3.63) is 54.2 Å². The summed E-state index contributed by atoms with van der Waals surface area (Å²) in [5.41, 5.74) is 2.32. The van der Waals surface area contributed by atoms with Gasteiger partial charge in [-0.15, -0.1) is 0 Å². The van der Waals surface area contributed by atoms with Gasteiger partial charge in [0.1, 0.15) is 0 Å². The van der Waals surface area contributed by atoms with Gasteiger partial charge in [0.25, 0.3) is 0 Å². The van der Waals surface area contributed by atoms with Gasteiger partial charge in [0.15, 0.2) is 0 Å². The van der Waals surface area contributed by atoms with Crippen molar-refractivity contribution in [3.63, 3.8) is 0 Å². The van der Waals surface area contributed by atoms with Crippen molar-refractivity contribution >= 4 is 16.9 Å². The monoisotopic (exact) mass is 269 g/mol. The second-order valence-corrected chi connectivity index (χ2v) is 4.66. The number of rotatable bonds is 4. The van der Waals surface area contributed by atoms with E-state index in [0.717, 1.165) is 23.1 Å². The van der Waals surface area contributed by atoms with Crippen molar-refractivity contribution < 1.29 is 9.90 Å². The lowest BCUT2D eigenvalue weighted by Crippen LogP contribution is -2.05. The van der Waals surface area contributed by atoms with Crippen molar-refractivity contribution in [2.75, 3.05) is 0 Å². The van der Waals surface area contributed by atoms with Crippen molar-refractivity contribution in [3.8, 4) is 0 Å². The molecule has 0 aliphatic carbocycles. The quantitative estimate of drug-likeness (QED) is 0.792. The molecule has 102 valence electrons. The van der Waals surface area contributed by atoms with Crippen LogP contribution in [0, 0.1) is 0 Å². The van der Waals surface area contributed by atoms with Crippen LogP contribution in [0.4, 0.5) is 0 Å². The lowest BCUT2D eigenvalue weighted by Gasteiger charge is -2.07. The van der Waals surface area contributed by atoms with Gasteiger partial charge in [-0.05, 0) is 13.0 Å². The van der Waals surface area contributed by atoms with Crippen molar-refractivity contribution in [1.82, 2.24) is 14.1 Å². The summed E-state index contributed by atoms with van der Waals surface area (Å²) in [5.74, 6) is -0.899. The van der Waals surface area contributed by atoms with Gasteiger partial charge in [-0.3, -0.25) is 0 Å². The largest absolute Gasteiger partial charge is 0.478 e. The van der Waals surface area contributed by atoms with Gasteiger partial charge >= 0.3 is 5.97 Å². The summed E-state index contributed by atoms with van der Waals surface area (Å²) in [4.78, 5) is 15.5. The van der Waals surface area contributed by atoms with E-state index in [9.17, 15) is 9.90 Å². The molecule has 5 nitrogen and oxygen atoms in total. The van der Waals surface area contributed by atoms with Crippen molar-refractivity contribution in [2.24, 2.45) is 0 Å². The molecule has 3 rings (SSSR count). The molecule has 0 atom stereocenters. The smallest absolute Gasteiger partial charge is 0.337 e. The van der Waals surface area contributed by atoms with Gasteiger partial charge in [0.2, 0.25) is 0 Å². The Hall–Kier alpha value is -2.56. The van der Waals surface area contributed by atoms with Crippen LogP contribution in [-0.2, 0) is 13.1 Å². The summed E-state index contributed by atoms with van der Waals surface area (Å²) in [5, 5.41) is 10.1. The molecule has 0 bridgehead atoms. The number of benzene rings is 1. The Kier molecular flexibility index (Phi) is 3.02. The normalized spacial score (nSPS) is 11.1. The molecule has 0 saturated heterocycles. The average Bonchev–Trinajstić information content (AvgIpc) is 3.04. The molecule has 0 aliphatic heterocycles. The maximum atomic E-state index is 11.3. The first-order chi connectivity index (χ1) is 9.70. The minimum absolute atomic E-state index is 0.336. The minimum atomic E-state index is -0.899. The number of hydrogen-bond acceptors (Lipinski definition) is 2. The lowest BCUT2D eigenvalue weighted by atomic mass is 10.2.